The van der Waals surface area contributed by atoms with Gasteiger partial charge < -0.3 is 15.2 Å². The number of rotatable bonds is 7. The van der Waals surface area contributed by atoms with Crippen molar-refractivity contribution in [3.63, 3.8) is 0 Å². The van der Waals surface area contributed by atoms with E-state index in [-0.39, 0.29) is 37.4 Å². The summed E-state index contributed by atoms with van der Waals surface area (Å²) in [6, 6.07) is 19.0. The molecule has 5 nitrogen and oxygen atoms in total. The minimum atomic E-state index is -4.99. The Morgan fingerprint density at radius 2 is 1.51 bits per heavy atom. The molecule has 1 fully saturated rings. The van der Waals surface area contributed by atoms with E-state index in [4.69, 9.17) is 15.2 Å². The zero-order valence-corrected chi connectivity index (χ0v) is 22.2. The molecule has 4 rings (SSSR count). The van der Waals surface area contributed by atoms with Crippen LogP contribution in [0.15, 0.2) is 78.9 Å². The minimum Gasteiger partial charge on any atom is -0.445 e. The number of nitrogens with zero attached hydrogens (tertiary/aromatic N) is 1. The molecule has 3 aromatic carbocycles. The van der Waals surface area contributed by atoms with Crippen LogP contribution in [0, 0.1) is 0 Å². The number of nitrogens with two attached hydrogens (primary N) is 1. The highest BCUT2D eigenvalue weighted by molar-refractivity contribution is 5.69. The van der Waals surface area contributed by atoms with Gasteiger partial charge >= 0.3 is 18.4 Å². The Labute approximate surface area is 233 Å². The van der Waals surface area contributed by atoms with Crippen molar-refractivity contribution in [2.45, 2.75) is 56.4 Å². The number of benzene rings is 3. The zero-order chi connectivity index (χ0) is 29.8. The molecular weight excluding hydrogens is 550 g/mol. The number of carbonyl (C=O) groups excluding carboxylic acids is 1. The number of likely N-dealkylation sites (tertiary alicyclic amines) is 1. The van der Waals surface area contributed by atoms with Crippen LogP contribution in [0.1, 0.15) is 53.7 Å². The van der Waals surface area contributed by atoms with Gasteiger partial charge in [0.25, 0.3) is 0 Å². The lowest BCUT2D eigenvalue weighted by Crippen LogP contribution is -2.60. The summed E-state index contributed by atoms with van der Waals surface area (Å²) in [6.07, 6.45) is -11.0. The van der Waals surface area contributed by atoms with Crippen LogP contribution in [-0.4, -0.2) is 30.2 Å². The lowest BCUT2D eigenvalue weighted by Gasteiger charge is -2.48. The van der Waals surface area contributed by atoms with Crippen molar-refractivity contribution in [1.29, 1.82) is 0 Å². The van der Waals surface area contributed by atoms with Gasteiger partial charge in [-0.3, -0.25) is 4.90 Å². The Morgan fingerprint density at radius 3 is 2.07 bits per heavy atom. The van der Waals surface area contributed by atoms with Crippen molar-refractivity contribution in [3.05, 3.63) is 107 Å². The summed E-state index contributed by atoms with van der Waals surface area (Å²) in [5.41, 5.74) is 3.40. The third-order valence-electron chi connectivity index (χ3n) is 7.25. The van der Waals surface area contributed by atoms with Crippen LogP contribution in [0.5, 0.6) is 0 Å². The second-order valence-electron chi connectivity index (χ2n) is 10.1. The van der Waals surface area contributed by atoms with Crippen molar-refractivity contribution >= 4 is 6.09 Å². The number of carbonyl (C=O) groups is 1. The van der Waals surface area contributed by atoms with E-state index in [9.17, 15) is 31.1 Å². The molecule has 220 valence electrons. The summed E-state index contributed by atoms with van der Waals surface area (Å²) in [6.45, 7) is 1.27. The van der Waals surface area contributed by atoms with E-state index < -0.39 is 41.2 Å². The highest BCUT2D eigenvalue weighted by Crippen LogP contribution is 2.41. The normalized spacial score (nSPS) is 20.5. The third-order valence-corrected chi connectivity index (χ3v) is 7.25. The van der Waals surface area contributed by atoms with Crippen molar-refractivity contribution in [3.8, 4) is 0 Å². The highest BCUT2D eigenvalue weighted by Gasteiger charge is 2.47. The van der Waals surface area contributed by atoms with E-state index in [2.05, 4.69) is 0 Å². The monoisotopic (exact) mass is 580 g/mol. The molecule has 1 aliphatic heterocycles. The van der Waals surface area contributed by atoms with Crippen molar-refractivity contribution in [1.82, 2.24) is 4.90 Å². The van der Waals surface area contributed by atoms with E-state index in [1.807, 2.05) is 6.07 Å². The van der Waals surface area contributed by atoms with Gasteiger partial charge in [-0.2, -0.15) is 26.3 Å². The average molecular weight is 581 g/mol. The molecule has 3 atom stereocenters. The molecule has 1 aliphatic rings. The van der Waals surface area contributed by atoms with Crippen LogP contribution < -0.4 is 5.73 Å². The van der Waals surface area contributed by atoms with Crippen LogP contribution >= 0.6 is 0 Å². The topological polar surface area (TPSA) is 64.8 Å². The first-order valence-electron chi connectivity index (χ1n) is 13.0. The molecule has 0 saturated carbocycles. The summed E-state index contributed by atoms with van der Waals surface area (Å²) >= 11 is 0. The fraction of sp³-hybridized carbons (Fsp3) is 0.367. The standard InChI is InChI=1S/C30H30F6N2O3/c1-20(22-14-24(29(31,32)33)16-25(15-22)30(34,35)36)41-19-28(23-10-6-3-7-11-23)13-12-26(37)17-38(28)27(39)40-18-21-8-4-2-5-9-21/h2-11,14-16,20,26H,12-13,17-19,37H2,1H3/t20-,26?,28-/m1/s1. The van der Waals surface area contributed by atoms with Crippen molar-refractivity contribution in [2.24, 2.45) is 5.73 Å². The predicted octanol–water partition coefficient (Wildman–Crippen LogP) is 7.46. The number of alkyl halides is 6. The van der Waals surface area contributed by atoms with Gasteiger partial charge in [-0.05, 0) is 54.7 Å². The number of piperidine rings is 1. The molecule has 11 heteroatoms. The highest BCUT2D eigenvalue weighted by atomic mass is 19.4. The average Bonchev–Trinajstić information content (AvgIpc) is 2.95. The van der Waals surface area contributed by atoms with Gasteiger partial charge in [0, 0.05) is 12.6 Å². The van der Waals surface area contributed by atoms with Crippen molar-refractivity contribution in [2.75, 3.05) is 13.2 Å². The number of halogens is 6. The van der Waals surface area contributed by atoms with Gasteiger partial charge in [0.1, 0.15) is 6.61 Å². The first-order valence-corrected chi connectivity index (χ1v) is 13.0. The Hall–Kier alpha value is -3.57. The first-order chi connectivity index (χ1) is 19.3. The Morgan fingerprint density at radius 1 is 0.951 bits per heavy atom. The second kappa shape index (κ2) is 12.1. The summed E-state index contributed by atoms with van der Waals surface area (Å²) in [7, 11) is 0. The van der Waals surface area contributed by atoms with Crippen LogP contribution in [0.25, 0.3) is 0 Å². The summed E-state index contributed by atoms with van der Waals surface area (Å²) in [5.74, 6) is 0. The Balaban J connectivity index is 1.65. The smallest absolute Gasteiger partial charge is 0.416 e. The number of hydrogen-bond donors (Lipinski definition) is 1. The van der Waals surface area contributed by atoms with E-state index >= 15 is 0 Å². The van der Waals surface area contributed by atoms with Gasteiger partial charge in [-0.15, -0.1) is 0 Å². The Kier molecular flexibility index (Phi) is 8.98. The van der Waals surface area contributed by atoms with Crippen LogP contribution in [0.3, 0.4) is 0 Å². The molecule has 0 radical (unpaired) electrons. The molecule has 2 N–H and O–H groups in total. The van der Waals surface area contributed by atoms with E-state index in [1.165, 1.54) is 11.8 Å². The van der Waals surface area contributed by atoms with Gasteiger partial charge in [0.05, 0.1) is 29.4 Å². The molecular formula is C30H30F6N2O3. The summed E-state index contributed by atoms with van der Waals surface area (Å²) in [4.78, 5) is 14.9. The molecule has 0 aromatic heterocycles. The molecule has 1 saturated heterocycles. The quantitative estimate of drug-likeness (QED) is 0.295. The maximum Gasteiger partial charge on any atom is 0.416 e. The maximum atomic E-state index is 13.5. The maximum absolute atomic E-state index is 13.5. The van der Waals surface area contributed by atoms with Crippen LogP contribution in [-0.2, 0) is 34.0 Å². The number of ether oxygens (including phenoxy) is 2. The SMILES string of the molecule is C[C@@H](OC[C@@]1(c2ccccc2)CCC(N)CN1C(=O)OCc1ccccc1)c1cc(C(F)(F)F)cc(C(F)(F)F)c1. The summed E-state index contributed by atoms with van der Waals surface area (Å²) in [5, 5.41) is 0. The minimum absolute atomic E-state index is 0.00199. The lowest BCUT2D eigenvalue weighted by atomic mass is 9.80. The fourth-order valence-corrected chi connectivity index (χ4v) is 4.96. The van der Waals surface area contributed by atoms with E-state index in [0.717, 1.165) is 5.56 Å². The molecule has 0 spiro atoms. The molecule has 0 bridgehead atoms. The largest absolute Gasteiger partial charge is 0.445 e. The van der Waals surface area contributed by atoms with Crippen LogP contribution in [0.4, 0.5) is 31.1 Å². The van der Waals surface area contributed by atoms with E-state index in [1.54, 1.807) is 54.6 Å². The zero-order valence-electron chi connectivity index (χ0n) is 22.2. The van der Waals surface area contributed by atoms with Gasteiger partial charge in [0.2, 0.25) is 0 Å². The van der Waals surface area contributed by atoms with Crippen LogP contribution in [0.2, 0.25) is 0 Å². The molecule has 41 heavy (non-hydrogen) atoms. The molecule has 3 aromatic rings. The van der Waals surface area contributed by atoms with E-state index in [0.29, 0.717) is 30.5 Å². The fourth-order valence-electron chi connectivity index (χ4n) is 4.96. The third kappa shape index (κ3) is 7.20. The molecule has 1 unspecified atom stereocenters. The first kappa shape index (κ1) is 30.4. The number of hydrogen-bond acceptors (Lipinski definition) is 4. The molecule has 1 heterocycles. The predicted molar refractivity (Wildman–Crippen MR) is 139 cm³/mol. The summed E-state index contributed by atoms with van der Waals surface area (Å²) < 4.78 is 92.3. The van der Waals surface area contributed by atoms with Gasteiger partial charge in [0.15, 0.2) is 0 Å². The molecule has 0 aliphatic carbocycles. The van der Waals surface area contributed by atoms with Gasteiger partial charge in [-0.1, -0.05) is 60.7 Å². The van der Waals surface area contributed by atoms with Crippen molar-refractivity contribution < 1.29 is 40.6 Å². The lowest BCUT2D eigenvalue weighted by molar-refractivity contribution is -0.143. The number of amides is 1. The molecule has 1 amide bonds. The van der Waals surface area contributed by atoms with Gasteiger partial charge in [-0.25, -0.2) is 4.79 Å². The Bertz CT molecular complexity index is 1290. The second-order valence-corrected chi connectivity index (χ2v) is 10.1.